The Kier molecular flexibility index (Phi) is 3.92. The smallest absolute Gasteiger partial charge is 0.252 e. The number of aryl methyl sites for hydroxylation is 1. The summed E-state index contributed by atoms with van der Waals surface area (Å²) in [5, 5.41) is 5.07. The monoisotopic (exact) mass is 405 g/mol. The first kappa shape index (κ1) is 17.5. The van der Waals surface area contributed by atoms with Gasteiger partial charge in [-0.2, -0.15) is 5.10 Å². The molecule has 0 amide bonds. The molecule has 1 N–H and O–H groups in total. The van der Waals surface area contributed by atoms with Crippen LogP contribution in [0.15, 0.2) is 55.1 Å². The van der Waals surface area contributed by atoms with Gasteiger partial charge >= 0.3 is 0 Å². The minimum Gasteiger partial charge on any atom is -0.338 e. The molecular formula is C21H13ClFN5O. The number of hydrogen-bond donors (Lipinski definition) is 1. The maximum atomic E-state index is 14.9. The van der Waals surface area contributed by atoms with Crippen LogP contribution in [0.25, 0.3) is 44.3 Å². The maximum Gasteiger partial charge on any atom is 0.252 e. The minimum absolute atomic E-state index is 0.350. The van der Waals surface area contributed by atoms with Crippen molar-refractivity contribution in [3.05, 3.63) is 66.5 Å². The zero-order valence-corrected chi connectivity index (χ0v) is 15.9. The van der Waals surface area contributed by atoms with Crippen molar-refractivity contribution in [1.82, 2.24) is 24.7 Å². The summed E-state index contributed by atoms with van der Waals surface area (Å²) in [6.45, 7) is 0. The second-order valence-electron chi connectivity index (χ2n) is 6.70. The molecule has 29 heavy (non-hydrogen) atoms. The van der Waals surface area contributed by atoms with Gasteiger partial charge in [-0.15, -0.1) is 0 Å². The van der Waals surface area contributed by atoms with E-state index in [4.69, 9.17) is 11.6 Å². The lowest BCUT2D eigenvalue weighted by molar-refractivity contribution is 0.108. The van der Waals surface area contributed by atoms with Crippen LogP contribution in [0, 0.1) is 5.82 Å². The summed E-state index contributed by atoms with van der Waals surface area (Å²) in [5.41, 5.74) is 4.27. The molecule has 0 radical (unpaired) electrons. The zero-order valence-electron chi connectivity index (χ0n) is 15.1. The van der Waals surface area contributed by atoms with Gasteiger partial charge in [0, 0.05) is 40.7 Å². The lowest BCUT2D eigenvalue weighted by atomic mass is 9.99. The Hall–Kier alpha value is -3.58. The molecule has 0 atom stereocenters. The Balaban J connectivity index is 1.78. The lowest BCUT2D eigenvalue weighted by Gasteiger charge is -2.07. The van der Waals surface area contributed by atoms with Crippen molar-refractivity contribution in [2.24, 2.45) is 7.05 Å². The van der Waals surface area contributed by atoms with Crippen LogP contribution < -0.4 is 0 Å². The molecule has 1 aromatic carbocycles. The van der Waals surface area contributed by atoms with Crippen LogP contribution in [0.3, 0.4) is 0 Å². The number of halogens is 2. The highest BCUT2D eigenvalue weighted by molar-refractivity contribution is 6.67. The van der Waals surface area contributed by atoms with Crippen LogP contribution >= 0.6 is 11.6 Å². The second kappa shape index (κ2) is 6.49. The standard InChI is InChI=1S/C21H13ClFN5O/c1-28-10-13(7-26-28)16-6-14-17(9-24-16)27-21-19(14)18(15(23)8-25-21)11-2-4-12(5-3-11)20(22)29/h2-10H,1H3,(H,25,27). The molecule has 0 saturated carbocycles. The fourth-order valence-electron chi connectivity index (χ4n) is 3.50. The quantitative estimate of drug-likeness (QED) is 0.441. The molecule has 8 heteroatoms. The number of nitrogens with one attached hydrogen (secondary N) is 1. The van der Waals surface area contributed by atoms with Crippen molar-refractivity contribution >= 4 is 38.8 Å². The molecule has 0 saturated heterocycles. The molecule has 142 valence electrons. The van der Waals surface area contributed by atoms with Crippen LogP contribution in [0.1, 0.15) is 10.4 Å². The number of carbonyl (C=O) groups is 1. The molecule has 0 aliphatic heterocycles. The van der Waals surface area contributed by atoms with Gasteiger partial charge in [0.05, 0.1) is 29.8 Å². The number of benzene rings is 1. The van der Waals surface area contributed by atoms with E-state index in [1.165, 1.54) is 6.20 Å². The number of aromatic nitrogens is 5. The van der Waals surface area contributed by atoms with Crippen molar-refractivity contribution in [1.29, 1.82) is 0 Å². The van der Waals surface area contributed by atoms with Gasteiger partial charge in [-0.25, -0.2) is 9.37 Å². The fraction of sp³-hybridized carbons (Fsp3) is 0.0476. The summed E-state index contributed by atoms with van der Waals surface area (Å²) in [7, 11) is 1.83. The zero-order chi connectivity index (χ0) is 20.1. The van der Waals surface area contributed by atoms with Crippen molar-refractivity contribution in [3.8, 4) is 22.4 Å². The van der Waals surface area contributed by atoms with E-state index in [9.17, 15) is 9.18 Å². The summed E-state index contributed by atoms with van der Waals surface area (Å²) in [6.07, 6.45) is 6.48. The average molecular weight is 406 g/mol. The molecule has 5 rings (SSSR count). The molecule has 0 fully saturated rings. The fourth-order valence-corrected chi connectivity index (χ4v) is 3.62. The van der Waals surface area contributed by atoms with Gasteiger partial charge in [0.25, 0.3) is 5.24 Å². The predicted octanol–water partition coefficient (Wildman–Crippen LogP) is 4.70. The number of rotatable bonds is 3. The van der Waals surface area contributed by atoms with Gasteiger partial charge in [-0.3, -0.25) is 14.5 Å². The van der Waals surface area contributed by atoms with Gasteiger partial charge in [-0.05, 0) is 35.4 Å². The highest BCUT2D eigenvalue weighted by atomic mass is 35.5. The maximum absolute atomic E-state index is 14.9. The number of pyridine rings is 2. The Morgan fingerprint density at radius 1 is 1.10 bits per heavy atom. The molecule has 4 aromatic heterocycles. The van der Waals surface area contributed by atoms with Gasteiger partial charge in [-0.1, -0.05) is 12.1 Å². The van der Waals surface area contributed by atoms with Crippen LogP contribution in [0.5, 0.6) is 0 Å². The summed E-state index contributed by atoms with van der Waals surface area (Å²) < 4.78 is 16.6. The molecule has 0 unspecified atom stereocenters. The highest BCUT2D eigenvalue weighted by Crippen LogP contribution is 2.36. The Morgan fingerprint density at radius 3 is 2.59 bits per heavy atom. The molecule has 4 heterocycles. The number of H-pyrrole nitrogens is 1. The Bertz CT molecular complexity index is 1400. The van der Waals surface area contributed by atoms with Gasteiger partial charge in [0.15, 0.2) is 0 Å². The third kappa shape index (κ3) is 2.87. The minimum atomic E-state index is -0.559. The third-order valence-electron chi connectivity index (χ3n) is 4.86. The normalized spacial score (nSPS) is 11.4. The van der Waals surface area contributed by atoms with E-state index in [1.54, 1.807) is 41.3 Å². The number of hydrogen-bond acceptors (Lipinski definition) is 4. The Morgan fingerprint density at radius 2 is 1.90 bits per heavy atom. The SMILES string of the molecule is Cn1cc(-c2cc3c(cn2)[nH]c2ncc(F)c(-c4ccc(C(=O)Cl)cc4)c23)cn1. The first-order chi connectivity index (χ1) is 14.0. The number of aromatic amines is 1. The van der Waals surface area contributed by atoms with E-state index in [0.29, 0.717) is 27.7 Å². The summed E-state index contributed by atoms with van der Waals surface area (Å²) >= 11 is 5.52. The average Bonchev–Trinajstić information content (AvgIpc) is 3.31. The number of carbonyl (C=O) groups excluding carboxylic acids is 1. The van der Waals surface area contributed by atoms with E-state index in [0.717, 1.165) is 22.2 Å². The van der Waals surface area contributed by atoms with E-state index >= 15 is 0 Å². The van der Waals surface area contributed by atoms with Gasteiger partial charge in [0.1, 0.15) is 11.5 Å². The second-order valence-corrected chi connectivity index (χ2v) is 7.04. The van der Waals surface area contributed by atoms with E-state index in [2.05, 4.69) is 20.1 Å². The summed E-state index contributed by atoms with van der Waals surface area (Å²) in [6, 6.07) is 8.40. The molecule has 0 aliphatic carbocycles. The van der Waals surface area contributed by atoms with E-state index in [1.807, 2.05) is 19.3 Å². The molecule has 0 aliphatic rings. The lowest BCUT2D eigenvalue weighted by Crippen LogP contribution is -1.91. The van der Waals surface area contributed by atoms with Crippen molar-refractivity contribution in [3.63, 3.8) is 0 Å². The van der Waals surface area contributed by atoms with Gasteiger partial charge < -0.3 is 4.98 Å². The third-order valence-corrected chi connectivity index (χ3v) is 5.08. The topological polar surface area (TPSA) is 76.5 Å². The number of nitrogens with zero attached hydrogens (tertiary/aromatic N) is 4. The summed E-state index contributed by atoms with van der Waals surface area (Å²) in [4.78, 5) is 23.2. The molecule has 6 nitrogen and oxygen atoms in total. The largest absolute Gasteiger partial charge is 0.338 e. The predicted molar refractivity (Wildman–Crippen MR) is 109 cm³/mol. The van der Waals surface area contributed by atoms with Crippen molar-refractivity contribution in [2.75, 3.05) is 0 Å². The van der Waals surface area contributed by atoms with Crippen molar-refractivity contribution in [2.45, 2.75) is 0 Å². The summed E-state index contributed by atoms with van der Waals surface area (Å²) in [5.74, 6) is -0.455. The van der Waals surface area contributed by atoms with Crippen LogP contribution in [0.2, 0.25) is 0 Å². The van der Waals surface area contributed by atoms with E-state index < -0.39 is 11.1 Å². The van der Waals surface area contributed by atoms with Crippen LogP contribution in [-0.2, 0) is 7.05 Å². The molecular weight excluding hydrogens is 393 g/mol. The van der Waals surface area contributed by atoms with Crippen LogP contribution in [0.4, 0.5) is 4.39 Å². The Labute approximate surface area is 169 Å². The number of fused-ring (bicyclic) bond motifs is 3. The molecule has 0 bridgehead atoms. The highest BCUT2D eigenvalue weighted by Gasteiger charge is 2.17. The molecule has 5 aromatic rings. The first-order valence-corrected chi connectivity index (χ1v) is 9.14. The van der Waals surface area contributed by atoms with Crippen LogP contribution in [-0.4, -0.2) is 30.0 Å². The van der Waals surface area contributed by atoms with E-state index in [-0.39, 0.29) is 0 Å². The first-order valence-electron chi connectivity index (χ1n) is 8.76. The van der Waals surface area contributed by atoms with Gasteiger partial charge in [0.2, 0.25) is 0 Å². The molecule has 0 spiro atoms. The van der Waals surface area contributed by atoms with Crippen molar-refractivity contribution < 1.29 is 9.18 Å².